The average Bonchev–Trinajstić information content (AvgIpc) is 2.33. The van der Waals surface area contributed by atoms with Crippen molar-refractivity contribution in [2.75, 3.05) is 0 Å². The third kappa shape index (κ3) is 1.21. The van der Waals surface area contributed by atoms with Crippen molar-refractivity contribution >= 4 is 11.3 Å². The fraction of sp³-hybridized carbons (Fsp3) is 0.556. The van der Waals surface area contributed by atoms with E-state index in [1.807, 2.05) is 0 Å². The van der Waals surface area contributed by atoms with Gasteiger partial charge in [0, 0.05) is 10.8 Å². The summed E-state index contributed by atoms with van der Waals surface area (Å²) in [7, 11) is 0. The Morgan fingerprint density at radius 3 is 2.73 bits per heavy atom. The van der Waals surface area contributed by atoms with Crippen LogP contribution in [-0.2, 0) is 0 Å². The minimum atomic E-state index is -0.0657. The quantitative estimate of drug-likeness (QED) is 0.682. The standard InChI is InChI=1S/C9H12OS/c1-6-4-7(5-11-6)8-2-3-9(8)10/h4-5,8-10H,2-3H2,1H3. The molecular weight excluding hydrogens is 156 g/mol. The Labute approximate surface area is 70.7 Å². The van der Waals surface area contributed by atoms with Gasteiger partial charge in [-0.1, -0.05) is 0 Å². The van der Waals surface area contributed by atoms with Crippen LogP contribution in [0.3, 0.4) is 0 Å². The van der Waals surface area contributed by atoms with Gasteiger partial charge in [-0.05, 0) is 36.8 Å². The first-order chi connectivity index (χ1) is 5.27. The first-order valence-corrected chi connectivity index (χ1v) is 4.88. The summed E-state index contributed by atoms with van der Waals surface area (Å²) in [5.41, 5.74) is 1.34. The van der Waals surface area contributed by atoms with Gasteiger partial charge in [-0.2, -0.15) is 0 Å². The third-order valence-electron chi connectivity index (χ3n) is 2.42. The second kappa shape index (κ2) is 2.61. The van der Waals surface area contributed by atoms with Crippen LogP contribution < -0.4 is 0 Å². The van der Waals surface area contributed by atoms with Crippen LogP contribution in [0.5, 0.6) is 0 Å². The van der Waals surface area contributed by atoms with Crippen LogP contribution in [0.1, 0.15) is 29.2 Å². The minimum Gasteiger partial charge on any atom is -0.392 e. The second-order valence-corrected chi connectivity index (χ2v) is 4.36. The van der Waals surface area contributed by atoms with Gasteiger partial charge in [-0.15, -0.1) is 11.3 Å². The lowest BCUT2D eigenvalue weighted by molar-refractivity contribution is 0.0663. The number of hydrogen-bond acceptors (Lipinski definition) is 2. The van der Waals surface area contributed by atoms with E-state index in [9.17, 15) is 5.11 Å². The highest BCUT2D eigenvalue weighted by molar-refractivity contribution is 7.10. The maximum atomic E-state index is 9.38. The van der Waals surface area contributed by atoms with Crippen molar-refractivity contribution in [3.63, 3.8) is 0 Å². The van der Waals surface area contributed by atoms with E-state index in [0.717, 1.165) is 12.8 Å². The van der Waals surface area contributed by atoms with E-state index in [4.69, 9.17) is 0 Å². The minimum absolute atomic E-state index is 0.0657. The van der Waals surface area contributed by atoms with E-state index in [1.165, 1.54) is 10.4 Å². The Kier molecular flexibility index (Phi) is 1.74. The van der Waals surface area contributed by atoms with Crippen molar-refractivity contribution in [1.29, 1.82) is 0 Å². The molecule has 1 aromatic heterocycles. The van der Waals surface area contributed by atoms with Gasteiger partial charge >= 0.3 is 0 Å². The summed E-state index contributed by atoms with van der Waals surface area (Å²) in [5, 5.41) is 11.5. The summed E-state index contributed by atoms with van der Waals surface area (Å²) in [4.78, 5) is 1.35. The van der Waals surface area contributed by atoms with Gasteiger partial charge in [0.1, 0.15) is 0 Å². The number of hydrogen-bond donors (Lipinski definition) is 1. The number of aryl methyl sites for hydroxylation is 1. The Hall–Kier alpha value is -0.340. The first-order valence-electron chi connectivity index (χ1n) is 4.00. The van der Waals surface area contributed by atoms with E-state index in [2.05, 4.69) is 18.4 Å². The lowest BCUT2D eigenvalue weighted by Gasteiger charge is -2.31. The molecule has 1 aromatic rings. The molecule has 1 aliphatic carbocycles. The van der Waals surface area contributed by atoms with Crippen molar-refractivity contribution in [2.45, 2.75) is 31.8 Å². The molecule has 0 bridgehead atoms. The zero-order chi connectivity index (χ0) is 7.84. The Morgan fingerprint density at radius 1 is 1.55 bits per heavy atom. The van der Waals surface area contributed by atoms with Crippen LogP contribution in [0.2, 0.25) is 0 Å². The molecular formula is C9H12OS. The zero-order valence-electron chi connectivity index (χ0n) is 6.58. The lowest BCUT2D eigenvalue weighted by atomic mass is 9.78. The molecule has 1 heterocycles. The van der Waals surface area contributed by atoms with Gasteiger partial charge in [0.25, 0.3) is 0 Å². The monoisotopic (exact) mass is 168 g/mol. The van der Waals surface area contributed by atoms with Gasteiger partial charge < -0.3 is 5.11 Å². The van der Waals surface area contributed by atoms with E-state index in [-0.39, 0.29) is 6.10 Å². The molecule has 1 nitrogen and oxygen atoms in total. The van der Waals surface area contributed by atoms with Crippen LogP contribution in [0, 0.1) is 6.92 Å². The lowest BCUT2D eigenvalue weighted by Crippen LogP contribution is -2.28. The molecule has 0 saturated heterocycles. The van der Waals surface area contributed by atoms with Crippen molar-refractivity contribution in [2.24, 2.45) is 0 Å². The molecule has 2 unspecified atom stereocenters. The highest BCUT2D eigenvalue weighted by Gasteiger charge is 2.30. The molecule has 1 saturated carbocycles. The molecule has 0 spiro atoms. The first kappa shape index (κ1) is 7.32. The molecule has 0 aromatic carbocycles. The van der Waals surface area contributed by atoms with E-state index in [0.29, 0.717) is 5.92 Å². The summed E-state index contributed by atoms with van der Waals surface area (Å²) in [6.45, 7) is 2.11. The van der Waals surface area contributed by atoms with Crippen LogP contribution in [-0.4, -0.2) is 11.2 Å². The highest BCUT2D eigenvalue weighted by atomic mass is 32.1. The Balaban J connectivity index is 2.16. The maximum Gasteiger partial charge on any atom is 0.0609 e. The van der Waals surface area contributed by atoms with Crippen LogP contribution in [0.4, 0.5) is 0 Å². The van der Waals surface area contributed by atoms with E-state index >= 15 is 0 Å². The Morgan fingerprint density at radius 2 is 2.36 bits per heavy atom. The largest absolute Gasteiger partial charge is 0.392 e. The third-order valence-corrected chi connectivity index (χ3v) is 3.30. The van der Waals surface area contributed by atoms with Gasteiger partial charge in [0.2, 0.25) is 0 Å². The van der Waals surface area contributed by atoms with Gasteiger partial charge in [0.05, 0.1) is 6.10 Å². The zero-order valence-corrected chi connectivity index (χ0v) is 7.40. The summed E-state index contributed by atoms with van der Waals surface area (Å²) >= 11 is 1.77. The molecule has 2 atom stereocenters. The predicted molar refractivity (Wildman–Crippen MR) is 47.0 cm³/mol. The van der Waals surface area contributed by atoms with E-state index in [1.54, 1.807) is 11.3 Å². The summed E-state index contributed by atoms with van der Waals surface area (Å²) < 4.78 is 0. The molecule has 2 heteroatoms. The Bertz CT molecular complexity index is 254. The molecule has 0 aliphatic heterocycles. The molecule has 11 heavy (non-hydrogen) atoms. The smallest absolute Gasteiger partial charge is 0.0609 e. The number of rotatable bonds is 1. The van der Waals surface area contributed by atoms with Gasteiger partial charge in [-0.3, -0.25) is 0 Å². The van der Waals surface area contributed by atoms with Crippen molar-refractivity contribution in [3.8, 4) is 0 Å². The van der Waals surface area contributed by atoms with Crippen LogP contribution in [0.15, 0.2) is 11.4 Å². The molecule has 0 amide bonds. The molecule has 1 fully saturated rings. The molecule has 0 radical (unpaired) electrons. The second-order valence-electron chi connectivity index (χ2n) is 3.24. The fourth-order valence-corrected chi connectivity index (χ4v) is 2.30. The van der Waals surface area contributed by atoms with Gasteiger partial charge in [0.15, 0.2) is 0 Å². The summed E-state index contributed by atoms with van der Waals surface area (Å²) in [6, 6.07) is 2.19. The van der Waals surface area contributed by atoms with Crippen LogP contribution in [0.25, 0.3) is 0 Å². The topological polar surface area (TPSA) is 20.2 Å². The van der Waals surface area contributed by atoms with Crippen LogP contribution >= 0.6 is 11.3 Å². The maximum absolute atomic E-state index is 9.38. The SMILES string of the molecule is Cc1cc(C2CCC2O)cs1. The van der Waals surface area contributed by atoms with E-state index < -0.39 is 0 Å². The predicted octanol–water partition coefficient (Wildman–Crippen LogP) is 2.29. The molecule has 1 aliphatic rings. The van der Waals surface area contributed by atoms with Gasteiger partial charge in [-0.25, -0.2) is 0 Å². The normalized spacial score (nSPS) is 30.0. The number of aliphatic hydroxyl groups is 1. The summed E-state index contributed by atoms with van der Waals surface area (Å²) in [5.74, 6) is 0.444. The van der Waals surface area contributed by atoms with Crippen molar-refractivity contribution in [3.05, 3.63) is 21.9 Å². The average molecular weight is 168 g/mol. The van der Waals surface area contributed by atoms with Crippen molar-refractivity contribution in [1.82, 2.24) is 0 Å². The summed E-state index contributed by atoms with van der Waals surface area (Å²) in [6.07, 6.45) is 2.08. The highest BCUT2D eigenvalue weighted by Crippen LogP contribution is 2.38. The molecule has 60 valence electrons. The number of aliphatic hydroxyl groups excluding tert-OH is 1. The fourth-order valence-electron chi connectivity index (χ4n) is 1.53. The molecule has 2 rings (SSSR count). The molecule has 1 N–H and O–H groups in total. The van der Waals surface area contributed by atoms with Crippen molar-refractivity contribution < 1.29 is 5.11 Å². The number of thiophene rings is 1.